The van der Waals surface area contributed by atoms with Crippen LogP contribution in [-0.2, 0) is 0 Å². The largest absolute Gasteiger partial charge is 0.353 e. The van der Waals surface area contributed by atoms with Gasteiger partial charge in [-0.2, -0.15) is 0 Å². The minimum atomic E-state index is -0.0928. The van der Waals surface area contributed by atoms with Crippen LogP contribution in [0, 0.1) is 0 Å². The number of anilines is 4. The Hall–Kier alpha value is -4.38. The Labute approximate surface area is 179 Å². The molecule has 2 N–H and O–H groups in total. The lowest BCUT2D eigenvalue weighted by Crippen LogP contribution is -2.14. The summed E-state index contributed by atoms with van der Waals surface area (Å²) >= 11 is 0. The summed E-state index contributed by atoms with van der Waals surface area (Å²) in [5.74, 6) is 0.678. The second-order valence-electron chi connectivity index (χ2n) is 7.13. The lowest BCUT2D eigenvalue weighted by Gasteiger charge is -2.20. The Balaban J connectivity index is 1.79. The first-order valence-electron chi connectivity index (χ1n) is 10.0. The van der Waals surface area contributed by atoms with Crippen LogP contribution in [-0.4, -0.2) is 9.55 Å². The number of pyridine rings is 2. The first-order valence-corrected chi connectivity index (χ1v) is 10.0. The predicted molar refractivity (Wildman–Crippen MR) is 127 cm³/mol. The highest BCUT2D eigenvalue weighted by atomic mass is 16.1. The highest BCUT2D eigenvalue weighted by Gasteiger charge is 2.15. The second kappa shape index (κ2) is 8.16. The van der Waals surface area contributed by atoms with Crippen molar-refractivity contribution < 1.29 is 0 Å². The van der Waals surface area contributed by atoms with Gasteiger partial charge in [-0.1, -0.05) is 54.6 Å². The molecule has 5 nitrogen and oxygen atoms in total. The van der Waals surface area contributed by atoms with Gasteiger partial charge in [0, 0.05) is 29.3 Å². The van der Waals surface area contributed by atoms with Crippen molar-refractivity contribution >= 4 is 33.8 Å². The summed E-state index contributed by atoms with van der Waals surface area (Å²) in [6, 6.07) is 31.3. The standard InChI is InChI=1S/C26H20N4O/c31-24-16-25(29-20-12-6-2-7-13-20)30(21-14-8-3-9-15-21)26-22(24)17-27-18-23(26)28-19-10-4-1-5-11-19/h1-18,28-29H. The van der Waals surface area contributed by atoms with Crippen molar-refractivity contribution in [2.45, 2.75) is 0 Å². The van der Waals surface area contributed by atoms with Crippen LogP contribution in [0.4, 0.5) is 22.9 Å². The number of benzene rings is 3. The van der Waals surface area contributed by atoms with Gasteiger partial charge in [0.2, 0.25) is 0 Å². The third-order valence-corrected chi connectivity index (χ3v) is 5.03. The van der Waals surface area contributed by atoms with E-state index >= 15 is 0 Å². The van der Waals surface area contributed by atoms with Crippen LogP contribution < -0.4 is 16.1 Å². The quantitative estimate of drug-likeness (QED) is 0.384. The van der Waals surface area contributed by atoms with Crippen LogP contribution in [0.5, 0.6) is 0 Å². The smallest absolute Gasteiger partial charge is 0.193 e. The molecule has 0 bridgehead atoms. The van der Waals surface area contributed by atoms with E-state index in [1.807, 2.05) is 91.0 Å². The van der Waals surface area contributed by atoms with E-state index in [-0.39, 0.29) is 5.43 Å². The molecule has 0 radical (unpaired) electrons. The topological polar surface area (TPSA) is 59.0 Å². The molecule has 0 fully saturated rings. The van der Waals surface area contributed by atoms with Gasteiger partial charge < -0.3 is 10.6 Å². The molecule has 0 unspecified atom stereocenters. The van der Waals surface area contributed by atoms with E-state index in [9.17, 15) is 4.79 Å². The Kier molecular flexibility index (Phi) is 4.91. The van der Waals surface area contributed by atoms with Crippen LogP contribution in [0.3, 0.4) is 0 Å². The summed E-state index contributed by atoms with van der Waals surface area (Å²) in [5.41, 5.74) is 4.18. The number of fused-ring (bicyclic) bond motifs is 1. The lowest BCUT2D eigenvalue weighted by atomic mass is 10.2. The van der Waals surface area contributed by atoms with E-state index in [0.717, 1.165) is 28.3 Å². The zero-order valence-electron chi connectivity index (χ0n) is 16.7. The number of nitrogens with zero attached hydrogens (tertiary/aromatic N) is 2. The average molecular weight is 404 g/mol. The van der Waals surface area contributed by atoms with Crippen molar-refractivity contribution in [2.24, 2.45) is 0 Å². The number of aromatic nitrogens is 2. The van der Waals surface area contributed by atoms with Crippen molar-refractivity contribution in [3.8, 4) is 5.69 Å². The van der Waals surface area contributed by atoms with Crippen LogP contribution in [0.25, 0.3) is 16.6 Å². The van der Waals surface area contributed by atoms with Gasteiger partial charge in [0.05, 0.1) is 22.8 Å². The van der Waals surface area contributed by atoms with Crippen molar-refractivity contribution in [1.82, 2.24) is 9.55 Å². The van der Waals surface area contributed by atoms with Gasteiger partial charge in [0.15, 0.2) is 5.43 Å². The number of rotatable bonds is 5. The zero-order valence-corrected chi connectivity index (χ0v) is 16.7. The minimum Gasteiger partial charge on any atom is -0.353 e. The summed E-state index contributed by atoms with van der Waals surface area (Å²) in [6.45, 7) is 0. The van der Waals surface area contributed by atoms with Crippen LogP contribution >= 0.6 is 0 Å². The van der Waals surface area contributed by atoms with Gasteiger partial charge >= 0.3 is 0 Å². The molecule has 5 heteroatoms. The van der Waals surface area contributed by atoms with Crippen LogP contribution in [0.1, 0.15) is 0 Å². The Morgan fingerprint density at radius 3 is 1.90 bits per heavy atom. The third-order valence-electron chi connectivity index (χ3n) is 5.03. The maximum absolute atomic E-state index is 13.1. The molecule has 3 aromatic carbocycles. The van der Waals surface area contributed by atoms with Gasteiger partial charge in [-0.05, 0) is 36.4 Å². The Morgan fingerprint density at radius 2 is 1.26 bits per heavy atom. The summed E-state index contributed by atoms with van der Waals surface area (Å²) < 4.78 is 2.05. The predicted octanol–water partition coefficient (Wildman–Crippen LogP) is 5.87. The minimum absolute atomic E-state index is 0.0928. The van der Waals surface area contributed by atoms with Crippen LogP contribution in [0.15, 0.2) is 114 Å². The molecule has 0 aliphatic carbocycles. The summed E-state index contributed by atoms with van der Waals surface area (Å²) in [7, 11) is 0. The van der Waals surface area contributed by atoms with E-state index in [1.54, 1.807) is 18.5 Å². The first-order chi connectivity index (χ1) is 15.3. The number of nitrogens with one attached hydrogen (secondary N) is 2. The van der Waals surface area contributed by atoms with Gasteiger partial charge in [-0.25, -0.2) is 0 Å². The molecule has 31 heavy (non-hydrogen) atoms. The molecule has 0 atom stereocenters. The fourth-order valence-electron chi connectivity index (χ4n) is 3.64. The summed E-state index contributed by atoms with van der Waals surface area (Å²) in [4.78, 5) is 17.4. The molecule has 5 rings (SSSR count). The van der Waals surface area contributed by atoms with Crippen molar-refractivity contribution in [3.63, 3.8) is 0 Å². The van der Waals surface area contributed by atoms with Gasteiger partial charge in [0.25, 0.3) is 0 Å². The number of hydrogen-bond acceptors (Lipinski definition) is 4. The summed E-state index contributed by atoms with van der Waals surface area (Å²) in [5, 5.41) is 7.38. The molecule has 0 spiro atoms. The summed E-state index contributed by atoms with van der Waals surface area (Å²) in [6.07, 6.45) is 3.38. The van der Waals surface area contributed by atoms with Gasteiger partial charge in [-0.15, -0.1) is 0 Å². The third kappa shape index (κ3) is 3.76. The highest BCUT2D eigenvalue weighted by molar-refractivity contribution is 5.94. The maximum atomic E-state index is 13.1. The average Bonchev–Trinajstić information content (AvgIpc) is 2.82. The molecular formula is C26H20N4O. The van der Waals surface area contributed by atoms with Gasteiger partial charge in [0.1, 0.15) is 5.82 Å². The van der Waals surface area contributed by atoms with Crippen molar-refractivity contribution in [2.75, 3.05) is 10.6 Å². The molecule has 0 amide bonds. The normalized spacial score (nSPS) is 10.7. The maximum Gasteiger partial charge on any atom is 0.193 e. The molecule has 0 aliphatic rings. The number of para-hydroxylation sites is 3. The fourth-order valence-corrected chi connectivity index (χ4v) is 3.64. The zero-order chi connectivity index (χ0) is 21.0. The van der Waals surface area contributed by atoms with E-state index in [1.165, 1.54) is 0 Å². The van der Waals surface area contributed by atoms with Crippen LogP contribution in [0.2, 0.25) is 0 Å². The van der Waals surface area contributed by atoms with E-state index in [4.69, 9.17) is 0 Å². The fraction of sp³-hybridized carbons (Fsp3) is 0. The Bertz CT molecular complexity index is 1380. The van der Waals surface area contributed by atoms with Gasteiger partial charge in [-0.3, -0.25) is 14.3 Å². The molecular weight excluding hydrogens is 384 g/mol. The molecule has 150 valence electrons. The monoisotopic (exact) mass is 404 g/mol. The lowest BCUT2D eigenvalue weighted by molar-refractivity contribution is 1.10. The molecule has 5 aromatic rings. The molecule has 2 aromatic heterocycles. The molecule has 2 heterocycles. The first kappa shape index (κ1) is 18.6. The highest BCUT2D eigenvalue weighted by Crippen LogP contribution is 2.30. The SMILES string of the molecule is O=c1cc(Nc2ccccc2)n(-c2ccccc2)c2c(Nc3ccccc3)cncc12. The molecule has 0 saturated heterocycles. The molecule has 0 saturated carbocycles. The van der Waals surface area contributed by atoms with E-state index in [0.29, 0.717) is 11.2 Å². The number of hydrogen-bond donors (Lipinski definition) is 2. The second-order valence-corrected chi connectivity index (χ2v) is 7.13. The van der Waals surface area contributed by atoms with E-state index < -0.39 is 0 Å². The van der Waals surface area contributed by atoms with Crippen molar-refractivity contribution in [1.29, 1.82) is 0 Å². The van der Waals surface area contributed by atoms with Crippen molar-refractivity contribution in [3.05, 3.63) is 120 Å². The van der Waals surface area contributed by atoms with E-state index in [2.05, 4.69) is 20.2 Å². The molecule has 0 aliphatic heterocycles. The Morgan fingerprint density at radius 1 is 0.677 bits per heavy atom.